The fourth-order valence-corrected chi connectivity index (χ4v) is 2.44. The first-order valence-electron chi connectivity index (χ1n) is 6.43. The molecule has 0 amide bonds. The first-order valence-corrected chi connectivity index (χ1v) is 7.22. The van der Waals surface area contributed by atoms with Crippen LogP contribution in [0.2, 0.25) is 0 Å². The molecule has 2 aromatic heterocycles. The van der Waals surface area contributed by atoms with E-state index in [1.165, 1.54) is 0 Å². The van der Waals surface area contributed by atoms with Crippen molar-refractivity contribution in [1.82, 2.24) is 15.2 Å². The van der Waals surface area contributed by atoms with Crippen molar-refractivity contribution < 1.29 is 13.9 Å². The summed E-state index contributed by atoms with van der Waals surface area (Å²) in [6.45, 7) is 3.23. The number of aryl methyl sites for hydroxylation is 1. The molecule has 0 unspecified atom stereocenters. The minimum absolute atomic E-state index is 0.157. The van der Waals surface area contributed by atoms with Gasteiger partial charge in [-0.25, -0.2) is 4.98 Å². The van der Waals surface area contributed by atoms with Crippen molar-refractivity contribution in [3.63, 3.8) is 0 Å². The molecule has 3 heterocycles. The Labute approximate surface area is 124 Å². The van der Waals surface area contributed by atoms with Crippen molar-refractivity contribution >= 4 is 15.9 Å². The SMILES string of the molecule is Cc1nnc(-c2cnc(OC3CCOCC3)c(Br)c2)o1. The van der Waals surface area contributed by atoms with Gasteiger partial charge in [-0.05, 0) is 22.0 Å². The quantitative estimate of drug-likeness (QED) is 0.856. The maximum Gasteiger partial charge on any atom is 0.249 e. The zero-order valence-corrected chi connectivity index (χ0v) is 12.6. The van der Waals surface area contributed by atoms with Gasteiger partial charge < -0.3 is 13.9 Å². The Morgan fingerprint density at radius 2 is 2.10 bits per heavy atom. The lowest BCUT2D eigenvalue weighted by atomic mass is 10.1. The molecule has 1 fully saturated rings. The third kappa shape index (κ3) is 2.99. The Bertz CT molecular complexity index is 596. The van der Waals surface area contributed by atoms with Crippen LogP contribution in [0.5, 0.6) is 5.88 Å². The van der Waals surface area contributed by atoms with E-state index in [4.69, 9.17) is 13.9 Å². The zero-order chi connectivity index (χ0) is 13.9. The summed E-state index contributed by atoms with van der Waals surface area (Å²) >= 11 is 3.47. The summed E-state index contributed by atoms with van der Waals surface area (Å²) in [6, 6.07) is 1.87. The van der Waals surface area contributed by atoms with Crippen LogP contribution in [0, 0.1) is 6.92 Å². The van der Waals surface area contributed by atoms with E-state index < -0.39 is 0 Å². The van der Waals surface area contributed by atoms with E-state index in [9.17, 15) is 0 Å². The van der Waals surface area contributed by atoms with Gasteiger partial charge in [0.1, 0.15) is 6.10 Å². The molecule has 0 aliphatic carbocycles. The Morgan fingerprint density at radius 3 is 2.75 bits per heavy atom. The molecule has 106 valence electrons. The fourth-order valence-electron chi connectivity index (χ4n) is 1.99. The van der Waals surface area contributed by atoms with Gasteiger partial charge in [0.25, 0.3) is 0 Å². The largest absolute Gasteiger partial charge is 0.473 e. The molecule has 7 heteroatoms. The highest BCUT2D eigenvalue weighted by Crippen LogP contribution is 2.29. The predicted molar refractivity (Wildman–Crippen MR) is 74.4 cm³/mol. The molecule has 0 N–H and O–H groups in total. The summed E-state index contributed by atoms with van der Waals surface area (Å²) in [4.78, 5) is 4.32. The summed E-state index contributed by atoms with van der Waals surface area (Å²) < 4.78 is 17.3. The van der Waals surface area contributed by atoms with Crippen molar-refractivity contribution in [2.24, 2.45) is 0 Å². The van der Waals surface area contributed by atoms with Crippen LogP contribution in [-0.2, 0) is 4.74 Å². The van der Waals surface area contributed by atoms with Crippen molar-refractivity contribution in [3.8, 4) is 17.3 Å². The van der Waals surface area contributed by atoms with Gasteiger partial charge in [0.05, 0.1) is 23.2 Å². The van der Waals surface area contributed by atoms with Crippen molar-refractivity contribution in [3.05, 3.63) is 22.6 Å². The summed E-state index contributed by atoms with van der Waals surface area (Å²) in [5.74, 6) is 1.56. The van der Waals surface area contributed by atoms with Gasteiger partial charge in [0, 0.05) is 26.0 Å². The third-order valence-electron chi connectivity index (χ3n) is 3.03. The van der Waals surface area contributed by atoms with Gasteiger partial charge in [0.2, 0.25) is 17.7 Å². The standard InChI is InChI=1S/C13H14BrN3O3/c1-8-16-17-12(19-8)9-6-11(14)13(15-7-9)20-10-2-4-18-5-3-10/h6-7,10H,2-5H2,1H3. The second kappa shape index (κ2) is 5.88. The minimum Gasteiger partial charge on any atom is -0.473 e. The molecule has 3 rings (SSSR count). The molecule has 6 nitrogen and oxygen atoms in total. The van der Waals surface area contributed by atoms with E-state index in [1.54, 1.807) is 13.1 Å². The topological polar surface area (TPSA) is 70.3 Å². The van der Waals surface area contributed by atoms with Gasteiger partial charge in [-0.2, -0.15) is 0 Å². The van der Waals surface area contributed by atoms with Gasteiger partial charge in [0.15, 0.2) is 0 Å². The average molecular weight is 340 g/mol. The Hall–Kier alpha value is -1.47. The highest BCUT2D eigenvalue weighted by Gasteiger charge is 2.18. The van der Waals surface area contributed by atoms with Gasteiger partial charge in [-0.1, -0.05) is 0 Å². The summed E-state index contributed by atoms with van der Waals surface area (Å²) in [5.41, 5.74) is 0.761. The number of rotatable bonds is 3. The molecule has 0 atom stereocenters. The lowest BCUT2D eigenvalue weighted by Gasteiger charge is -2.23. The minimum atomic E-state index is 0.157. The molecular formula is C13H14BrN3O3. The van der Waals surface area contributed by atoms with E-state index in [0.29, 0.717) is 17.7 Å². The number of aromatic nitrogens is 3. The van der Waals surface area contributed by atoms with Crippen LogP contribution in [0.25, 0.3) is 11.5 Å². The van der Waals surface area contributed by atoms with Gasteiger partial charge >= 0.3 is 0 Å². The van der Waals surface area contributed by atoms with E-state index >= 15 is 0 Å². The number of hydrogen-bond donors (Lipinski definition) is 0. The molecule has 0 radical (unpaired) electrons. The van der Waals surface area contributed by atoms with E-state index in [-0.39, 0.29) is 6.10 Å². The average Bonchev–Trinajstić information content (AvgIpc) is 2.89. The van der Waals surface area contributed by atoms with E-state index in [1.807, 2.05) is 6.07 Å². The molecule has 2 aromatic rings. The summed E-state index contributed by atoms with van der Waals surface area (Å²) in [6.07, 6.45) is 3.60. The second-order valence-electron chi connectivity index (χ2n) is 4.57. The van der Waals surface area contributed by atoms with Crippen LogP contribution >= 0.6 is 15.9 Å². The second-order valence-corrected chi connectivity index (χ2v) is 5.42. The molecule has 20 heavy (non-hydrogen) atoms. The van der Waals surface area contributed by atoms with Crippen LogP contribution in [0.4, 0.5) is 0 Å². The monoisotopic (exact) mass is 339 g/mol. The molecular weight excluding hydrogens is 326 g/mol. The molecule has 1 saturated heterocycles. The zero-order valence-electron chi connectivity index (χ0n) is 11.0. The number of hydrogen-bond acceptors (Lipinski definition) is 6. The number of ether oxygens (including phenoxy) is 2. The van der Waals surface area contributed by atoms with E-state index in [0.717, 1.165) is 36.1 Å². The Balaban J connectivity index is 1.76. The predicted octanol–water partition coefficient (Wildman–Crippen LogP) is 2.76. The number of halogens is 1. The first-order chi connectivity index (χ1) is 9.72. The molecule has 0 aromatic carbocycles. The summed E-state index contributed by atoms with van der Waals surface area (Å²) in [7, 11) is 0. The molecule has 0 saturated carbocycles. The molecule has 1 aliphatic rings. The van der Waals surface area contributed by atoms with Crippen LogP contribution in [0.1, 0.15) is 18.7 Å². The number of nitrogens with zero attached hydrogens (tertiary/aromatic N) is 3. The lowest BCUT2D eigenvalue weighted by molar-refractivity contribution is 0.0234. The molecule has 0 spiro atoms. The van der Waals surface area contributed by atoms with Gasteiger partial charge in [-0.15, -0.1) is 10.2 Å². The maximum atomic E-state index is 5.88. The first kappa shape index (κ1) is 13.5. The third-order valence-corrected chi connectivity index (χ3v) is 3.60. The highest BCUT2D eigenvalue weighted by atomic mass is 79.9. The molecule has 0 bridgehead atoms. The van der Waals surface area contributed by atoms with Crippen molar-refractivity contribution in [2.45, 2.75) is 25.9 Å². The molecule has 1 aliphatic heterocycles. The maximum absolute atomic E-state index is 5.88. The fraction of sp³-hybridized carbons (Fsp3) is 0.462. The van der Waals surface area contributed by atoms with Crippen molar-refractivity contribution in [1.29, 1.82) is 0 Å². The number of pyridine rings is 1. The van der Waals surface area contributed by atoms with Crippen LogP contribution in [0.3, 0.4) is 0 Å². The van der Waals surface area contributed by atoms with Crippen LogP contribution in [0.15, 0.2) is 21.2 Å². The smallest absolute Gasteiger partial charge is 0.249 e. The van der Waals surface area contributed by atoms with Crippen LogP contribution in [-0.4, -0.2) is 34.5 Å². The highest BCUT2D eigenvalue weighted by molar-refractivity contribution is 9.10. The summed E-state index contributed by atoms with van der Waals surface area (Å²) in [5, 5.41) is 7.77. The lowest BCUT2D eigenvalue weighted by Crippen LogP contribution is -2.26. The van der Waals surface area contributed by atoms with Crippen molar-refractivity contribution in [2.75, 3.05) is 13.2 Å². The van der Waals surface area contributed by atoms with E-state index in [2.05, 4.69) is 31.1 Å². The van der Waals surface area contributed by atoms with Gasteiger partial charge in [-0.3, -0.25) is 0 Å². The Kier molecular flexibility index (Phi) is 3.98. The Morgan fingerprint density at radius 1 is 1.30 bits per heavy atom. The van der Waals surface area contributed by atoms with Crippen LogP contribution < -0.4 is 4.74 Å². The normalized spacial score (nSPS) is 16.3.